The van der Waals surface area contributed by atoms with Crippen LogP contribution in [0.4, 0.5) is 0 Å². The predicted molar refractivity (Wildman–Crippen MR) is 92.0 cm³/mol. The summed E-state index contributed by atoms with van der Waals surface area (Å²) in [5.41, 5.74) is 2.38. The maximum atomic E-state index is 12.3. The molecule has 1 N–H and O–H groups in total. The zero-order chi connectivity index (χ0) is 16.9. The Morgan fingerprint density at radius 3 is 2.58 bits per heavy atom. The number of hydrogen-bond donors (Lipinski definition) is 1. The minimum Gasteiger partial charge on any atom is -0.347 e. The molecule has 6 nitrogen and oxygen atoms in total. The molecule has 7 heteroatoms. The number of likely N-dealkylation sites (tertiary alicyclic amines) is 1. The van der Waals surface area contributed by atoms with E-state index < -0.39 is 0 Å². The van der Waals surface area contributed by atoms with Crippen molar-refractivity contribution in [2.45, 2.75) is 32.7 Å². The fourth-order valence-electron chi connectivity index (χ4n) is 2.74. The van der Waals surface area contributed by atoms with Crippen molar-refractivity contribution in [3.63, 3.8) is 0 Å². The first-order chi connectivity index (χ1) is 11.7. The van der Waals surface area contributed by atoms with Gasteiger partial charge in [0.2, 0.25) is 0 Å². The van der Waals surface area contributed by atoms with E-state index in [2.05, 4.69) is 14.9 Å². The van der Waals surface area contributed by atoms with Crippen LogP contribution < -0.4 is 5.32 Å². The number of carbonyl (C=O) groups is 2. The lowest BCUT2D eigenvalue weighted by molar-refractivity contribution is 0.0792. The first-order valence-electron chi connectivity index (χ1n) is 8.16. The minimum absolute atomic E-state index is 0.0893. The third kappa shape index (κ3) is 3.62. The van der Waals surface area contributed by atoms with Crippen LogP contribution in [0.5, 0.6) is 0 Å². The Morgan fingerprint density at radius 1 is 1.21 bits per heavy atom. The molecule has 1 fully saturated rings. The smallest absolute Gasteiger partial charge is 0.265 e. The zero-order valence-electron chi connectivity index (χ0n) is 13.6. The quantitative estimate of drug-likeness (QED) is 0.903. The molecule has 126 valence electrons. The van der Waals surface area contributed by atoms with Gasteiger partial charge in [0, 0.05) is 25.2 Å². The van der Waals surface area contributed by atoms with Gasteiger partial charge in [-0.3, -0.25) is 9.59 Å². The highest BCUT2D eigenvalue weighted by Crippen LogP contribution is 2.14. The van der Waals surface area contributed by atoms with Crippen LogP contribution in [-0.4, -0.2) is 39.4 Å². The third-order valence-electron chi connectivity index (χ3n) is 4.14. The molecule has 0 spiro atoms. The zero-order valence-corrected chi connectivity index (χ0v) is 14.4. The van der Waals surface area contributed by atoms with Crippen molar-refractivity contribution in [2.75, 3.05) is 13.1 Å². The number of aromatic nitrogens is 2. The van der Waals surface area contributed by atoms with Crippen LogP contribution >= 0.6 is 11.5 Å². The van der Waals surface area contributed by atoms with Gasteiger partial charge in [0.15, 0.2) is 0 Å². The highest BCUT2D eigenvalue weighted by Gasteiger charge is 2.19. The molecule has 3 rings (SSSR count). The second-order valence-electron chi connectivity index (χ2n) is 5.78. The van der Waals surface area contributed by atoms with E-state index in [9.17, 15) is 9.59 Å². The van der Waals surface area contributed by atoms with Gasteiger partial charge in [-0.1, -0.05) is 23.5 Å². The van der Waals surface area contributed by atoms with E-state index in [-0.39, 0.29) is 11.8 Å². The molecule has 2 amide bonds. The number of aryl methyl sites for hydroxylation is 1. The maximum absolute atomic E-state index is 12.3. The van der Waals surface area contributed by atoms with Crippen molar-refractivity contribution >= 4 is 23.3 Å². The van der Waals surface area contributed by atoms with E-state index in [4.69, 9.17) is 0 Å². The van der Waals surface area contributed by atoms with Gasteiger partial charge in [0.1, 0.15) is 4.88 Å². The molecule has 0 radical (unpaired) electrons. The van der Waals surface area contributed by atoms with Crippen LogP contribution in [0.3, 0.4) is 0 Å². The van der Waals surface area contributed by atoms with Crippen molar-refractivity contribution in [1.82, 2.24) is 19.8 Å². The molecule has 1 aromatic heterocycles. The molecule has 2 heterocycles. The number of rotatable bonds is 5. The predicted octanol–water partition coefficient (Wildman–Crippen LogP) is 2.27. The molecule has 1 aromatic carbocycles. The number of amides is 2. The number of carbonyl (C=O) groups excluding carboxylic acids is 2. The number of nitrogens with one attached hydrogen (secondary N) is 1. The van der Waals surface area contributed by atoms with Crippen molar-refractivity contribution < 1.29 is 9.59 Å². The first-order valence-corrected chi connectivity index (χ1v) is 8.94. The number of benzene rings is 1. The van der Waals surface area contributed by atoms with Crippen LogP contribution in [0.25, 0.3) is 0 Å². The summed E-state index contributed by atoms with van der Waals surface area (Å²) in [5, 5.41) is 6.82. The van der Waals surface area contributed by atoms with Gasteiger partial charge in [0.25, 0.3) is 11.8 Å². The molecular weight excluding hydrogens is 324 g/mol. The molecule has 1 aliphatic rings. The summed E-state index contributed by atoms with van der Waals surface area (Å²) in [4.78, 5) is 26.9. The minimum atomic E-state index is -0.154. The van der Waals surface area contributed by atoms with Gasteiger partial charge in [0.05, 0.1) is 5.69 Å². The Bertz CT molecular complexity index is 720. The summed E-state index contributed by atoms with van der Waals surface area (Å²) in [6, 6.07) is 7.42. The molecule has 0 saturated carbocycles. The normalized spacial score (nSPS) is 14.0. The van der Waals surface area contributed by atoms with Crippen molar-refractivity contribution in [3.05, 3.63) is 46.0 Å². The molecule has 0 unspecified atom stereocenters. The average molecular weight is 344 g/mol. The van der Waals surface area contributed by atoms with Crippen LogP contribution in [0.2, 0.25) is 0 Å². The number of hydrogen-bond acceptors (Lipinski definition) is 5. The van der Waals surface area contributed by atoms with E-state index in [1.807, 2.05) is 36.1 Å². The second-order valence-corrected chi connectivity index (χ2v) is 6.54. The van der Waals surface area contributed by atoms with Crippen LogP contribution in [0, 0.1) is 0 Å². The highest BCUT2D eigenvalue weighted by atomic mass is 32.1. The Hall–Kier alpha value is -2.28. The fourth-order valence-corrected chi connectivity index (χ4v) is 3.41. The Balaban J connectivity index is 1.58. The summed E-state index contributed by atoms with van der Waals surface area (Å²) in [5.74, 6) is -0.0644. The summed E-state index contributed by atoms with van der Waals surface area (Å²) in [6.45, 7) is 4.06. The third-order valence-corrected chi connectivity index (χ3v) is 4.91. The summed E-state index contributed by atoms with van der Waals surface area (Å²) in [7, 11) is 0. The van der Waals surface area contributed by atoms with Gasteiger partial charge in [-0.25, -0.2) is 0 Å². The monoisotopic (exact) mass is 344 g/mol. The first kappa shape index (κ1) is 16.6. The van der Waals surface area contributed by atoms with Crippen molar-refractivity contribution in [2.24, 2.45) is 0 Å². The molecule has 1 saturated heterocycles. The van der Waals surface area contributed by atoms with Gasteiger partial charge in [-0.05, 0) is 48.5 Å². The average Bonchev–Trinajstić information content (AvgIpc) is 3.30. The highest BCUT2D eigenvalue weighted by molar-refractivity contribution is 7.08. The molecule has 24 heavy (non-hydrogen) atoms. The van der Waals surface area contributed by atoms with E-state index in [0.717, 1.165) is 48.7 Å². The molecule has 2 aromatic rings. The SMILES string of the molecule is CCc1nnsc1C(=O)NCc1ccc(C(=O)N2CCCC2)cc1. The lowest BCUT2D eigenvalue weighted by Crippen LogP contribution is -2.27. The topological polar surface area (TPSA) is 75.2 Å². The molecule has 0 aliphatic carbocycles. The van der Waals surface area contributed by atoms with Crippen LogP contribution in [-0.2, 0) is 13.0 Å². The largest absolute Gasteiger partial charge is 0.347 e. The summed E-state index contributed by atoms with van der Waals surface area (Å²) >= 11 is 1.11. The van der Waals surface area contributed by atoms with Gasteiger partial charge in [-0.15, -0.1) is 5.10 Å². The Morgan fingerprint density at radius 2 is 1.92 bits per heavy atom. The maximum Gasteiger partial charge on any atom is 0.265 e. The van der Waals surface area contributed by atoms with Crippen LogP contribution in [0.15, 0.2) is 24.3 Å². The second kappa shape index (κ2) is 7.53. The van der Waals surface area contributed by atoms with E-state index in [1.54, 1.807) is 0 Å². The van der Waals surface area contributed by atoms with Crippen molar-refractivity contribution in [3.8, 4) is 0 Å². The van der Waals surface area contributed by atoms with Gasteiger partial charge < -0.3 is 10.2 Å². The number of nitrogens with zero attached hydrogens (tertiary/aromatic N) is 3. The standard InChI is InChI=1S/C17H20N4O2S/c1-2-14-15(24-20-19-14)16(22)18-11-12-5-7-13(8-6-12)17(23)21-9-3-4-10-21/h5-8H,2-4,9-11H2,1H3,(H,18,22). The molecule has 1 aliphatic heterocycles. The fraction of sp³-hybridized carbons (Fsp3) is 0.412. The lowest BCUT2D eigenvalue weighted by Gasteiger charge is -2.15. The van der Waals surface area contributed by atoms with Crippen molar-refractivity contribution in [1.29, 1.82) is 0 Å². The summed E-state index contributed by atoms with van der Waals surface area (Å²) < 4.78 is 3.83. The molecule has 0 bridgehead atoms. The lowest BCUT2D eigenvalue weighted by atomic mass is 10.1. The van der Waals surface area contributed by atoms with Crippen LogP contribution in [0.1, 0.15) is 51.1 Å². The van der Waals surface area contributed by atoms with Gasteiger partial charge in [-0.2, -0.15) is 0 Å². The summed E-state index contributed by atoms with van der Waals surface area (Å²) in [6.07, 6.45) is 2.86. The molecule has 0 atom stereocenters. The Labute approximate surface area is 145 Å². The van der Waals surface area contributed by atoms with Gasteiger partial charge >= 0.3 is 0 Å². The molecular formula is C17H20N4O2S. The van der Waals surface area contributed by atoms with E-state index in [1.165, 1.54) is 0 Å². The van der Waals surface area contributed by atoms with E-state index in [0.29, 0.717) is 23.4 Å². The van der Waals surface area contributed by atoms with E-state index >= 15 is 0 Å². The Kier molecular flexibility index (Phi) is 5.20.